The Morgan fingerprint density at radius 2 is 2.29 bits per heavy atom. The molecule has 0 aliphatic rings. The maximum absolute atomic E-state index is 11.7. The molecule has 17 heavy (non-hydrogen) atoms. The number of aromatic carboxylic acids is 1. The summed E-state index contributed by atoms with van der Waals surface area (Å²) >= 11 is 0. The zero-order valence-electron chi connectivity index (χ0n) is 8.71. The summed E-state index contributed by atoms with van der Waals surface area (Å²) < 4.78 is 2.82. The summed E-state index contributed by atoms with van der Waals surface area (Å²) in [6.07, 6.45) is 1.41. The van der Waals surface area contributed by atoms with Gasteiger partial charge in [-0.25, -0.2) is 4.79 Å². The fraction of sp³-hybridized carbons (Fsp3) is 0.111. The molecule has 2 N–H and O–H groups in total. The van der Waals surface area contributed by atoms with E-state index in [0.717, 1.165) is 0 Å². The van der Waals surface area contributed by atoms with E-state index in [9.17, 15) is 9.59 Å². The van der Waals surface area contributed by atoms with Crippen LogP contribution < -0.4 is 5.56 Å². The molecule has 8 nitrogen and oxygen atoms in total. The second-order valence-corrected chi connectivity index (χ2v) is 3.59. The Balaban J connectivity index is 2.58. The van der Waals surface area contributed by atoms with Crippen LogP contribution in [-0.2, 0) is 7.05 Å². The molecule has 0 atom stereocenters. The molecule has 0 aliphatic carbocycles. The van der Waals surface area contributed by atoms with Crippen LogP contribution in [0.25, 0.3) is 16.7 Å². The molecule has 0 amide bonds. The van der Waals surface area contributed by atoms with E-state index in [-0.39, 0.29) is 11.3 Å². The maximum Gasteiger partial charge on any atom is 0.356 e. The number of carbonyl (C=O) groups is 1. The van der Waals surface area contributed by atoms with Gasteiger partial charge in [-0.1, -0.05) is 0 Å². The molecule has 0 fully saturated rings. The van der Waals surface area contributed by atoms with Crippen LogP contribution in [0.2, 0.25) is 0 Å². The van der Waals surface area contributed by atoms with Gasteiger partial charge >= 0.3 is 5.97 Å². The zero-order valence-corrected chi connectivity index (χ0v) is 8.71. The molecule has 86 valence electrons. The molecule has 0 aliphatic heterocycles. The summed E-state index contributed by atoms with van der Waals surface area (Å²) in [7, 11) is 1.66. The average molecular weight is 233 g/mol. The Kier molecular flexibility index (Phi) is 1.65. The van der Waals surface area contributed by atoms with Gasteiger partial charge in [0.15, 0.2) is 11.3 Å². The van der Waals surface area contributed by atoms with E-state index >= 15 is 0 Å². The van der Waals surface area contributed by atoms with E-state index < -0.39 is 5.97 Å². The van der Waals surface area contributed by atoms with Gasteiger partial charge < -0.3 is 10.1 Å². The van der Waals surface area contributed by atoms with Crippen molar-refractivity contribution in [2.45, 2.75) is 0 Å². The first-order valence-corrected chi connectivity index (χ1v) is 4.75. The van der Waals surface area contributed by atoms with Gasteiger partial charge in [0, 0.05) is 13.1 Å². The lowest BCUT2D eigenvalue weighted by Crippen LogP contribution is -2.10. The van der Waals surface area contributed by atoms with Gasteiger partial charge in [-0.3, -0.25) is 9.48 Å². The van der Waals surface area contributed by atoms with Crippen LogP contribution in [0.3, 0.4) is 0 Å². The van der Waals surface area contributed by atoms with E-state index in [1.807, 2.05) is 0 Å². The lowest BCUT2D eigenvalue weighted by atomic mass is 10.4. The minimum atomic E-state index is -1.15. The Labute approximate surface area is 93.1 Å². The molecule has 0 saturated heterocycles. The molecule has 0 aromatic carbocycles. The molecule has 3 rings (SSSR count). The number of H-pyrrole nitrogens is 1. The van der Waals surface area contributed by atoms with Crippen LogP contribution in [0, 0.1) is 0 Å². The predicted molar refractivity (Wildman–Crippen MR) is 57.0 cm³/mol. The van der Waals surface area contributed by atoms with Gasteiger partial charge in [0.1, 0.15) is 11.0 Å². The number of aromatic nitrogens is 5. The Morgan fingerprint density at radius 3 is 3.00 bits per heavy atom. The summed E-state index contributed by atoms with van der Waals surface area (Å²) in [5, 5.41) is 17.1. The number of aryl methyl sites for hydroxylation is 1. The van der Waals surface area contributed by atoms with Crippen molar-refractivity contribution in [3.05, 3.63) is 28.3 Å². The fourth-order valence-corrected chi connectivity index (χ4v) is 1.76. The standard InChI is InChI=1S/C9H7N5O3/c1-13-8-4(3-10-13)7(15)11-6-2-5(9(16)17)12-14(6)8/h2-3H,1H3,(H,11,15)(H,16,17). The number of hydrogen-bond acceptors (Lipinski definition) is 4. The number of carboxylic acids is 1. The molecule has 0 spiro atoms. The number of nitrogens with zero attached hydrogens (tertiary/aromatic N) is 4. The summed E-state index contributed by atoms with van der Waals surface area (Å²) in [6.45, 7) is 0. The largest absolute Gasteiger partial charge is 0.476 e. The second-order valence-electron chi connectivity index (χ2n) is 3.59. The molecular weight excluding hydrogens is 226 g/mol. The summed E-state index contributed by atoms with van der Waals surface area (Å²) in [4.78, 5) is 25.1. The first kappa shape index (κ1) is 9.58. The van der Waals surface area contributed by atoms with Gasteiger partial charge in [0.05, 0.1) is 6.20 Å². The van der Waals surface area contributed by atoms with Crippen LogP contribution in [-0.4, -0.2) is 35.5 Å². The van der Waals surface area contributed by atoms with Gasteiger partial charge in [-0.2, -0.15) is 14.7 Å². The van der Waals surface area contributed by atoms with Crippen LogP contribution in [0.4, 0.5) is 0 Å². The zero-order chi connectivity index (χ0) is 12.2. The van der Waals surface area contributed by atoms with Crippen molar-refractivity contribution < 1.29 is 9.90 Å². The highest BCUT2D eigenvalue weighted by molar-refractivity contribution is 5.87. The molecule has 0 radical (unpaired) electrons. The lowest BCUT2D eigenvalue weighted by molar-refractivity contribution is 0.0690. The number of nitrogens with one attached hydrogen (secondary N) is 1. The van der Waals surface area contributed by atoms with Crippen molar-refractivity contribution in [3.8, 4) is 0 Å². The first-order chi connectivity index (χ1) is 8.08. The number of rotatable bonds is 1. The van der Waals surface area contributed by atoms with Gasteiger partial charge in [0.25, 0.3) is 5.56 Å². The van der Waals surface area contributed by atoms with E-state index in [4.69, 9.17) is 5.11 Å². The molecule has 0 unspecified atom stereocenters. The van der Waals surface area contributed by atoms with Crippen molar-refractivity contribution in [1.29, 1.82) is 0 Å². The minimum Gasteiger partial charge on any atom is -0.476 e. The highest BCUT2D eigenvalue weighted by Gasteiger charge is 2.14. The van der Waals surface area contributed by atoms with Gasteiger partial charge in [-0.15, -0.1) is 0 Å². The lowest BCUT2D eigenvalue weighted by Gasteiger charge is -1.97. The highest BCUT2D eigenvalue weighted by atomic mass is 16.4. The fourth-order valence-electron chi connectivity index (χ4n) is 1.76. The third-order valence-corrected chi connectivity index (χ3v) is 2.52. The van der Waals surface area contributed by atoms with Crippen molar-refractivity contribution in [3.63, 3.8) is 0 Å². The number of hydrogen-bond donors (Lipinski definition) is 2. The minimum absolute atomic E-state index is 0.130. The van der Waals surface area contributed by atoms with Crippen molar-refractivity contribution in [1.82, 2.24) is 24.4 Å². The second kappa shape index (κ2) is 2.94. The van der Waals surface area contributed by atoms with E-state index in [1.165, 1.54) is 21.5 Å². The Morgan fingerprint density at radius 1 is 1.53 bits per heavy atom. The summed E-state index contributed by atoms with van der Waals surface area (Å²) in [5.74, 6) is -1.15. The molecule has 8 heteroatoms. The Hall–Kier alpha value is -2.64. The molecule has 0 bridgehead atoms. The van der Waals surface area contributed by atoms with Crippen molar-refractivity contribution >= 4 is 22.6 Å². The topological polar surface area (TPSA) is 105 Å². The van der Waals surface area contributed by atoms with Crippen LogP contribution in [0.5, 0.6) is 0 Å². The van der Waals surface area contributed by atoms with E-state index in [1.54, 1.807) is 7.05 Å². The monoisotopic (exact) mass is 233 g/mol. The smallest absolute Gasteiger partial charge is 0.356 e. The SMILES string of the molecule is Cn1ncc2c(=O)[nH]c3cc(C(=O)O)nn3c21. The number of aromatic amines is 1. The van der Waals surface area contributed by atoms with Crippen LogP contribution in [0.15, 0.2) is 17.1 Å². The van der Waals surface area contributed by atoms with E-state index in [2.05, 4.69) is 15.2 Å². The van der Waals surface area contributed by atoms with E-state index in [0.29, 0.717) is 16.7 Å². The number of carboxylic acid groups (broad SMARTS) is 1. The first-order valence-electron chi connectivity index (χ1n) is 4.75. The third-order valence-electron chi connectivity index (χ3n) is 2.52. The van der Waals surface area contributed by atoms with Gasteiger partial charge in [0.2, 0.25) is 0 Å². The Bertz CT molecular complexity index is 809. The maximum atomic E-state index is 11.7. The molecule has 3 aromatic heterocycles. The molecule has 0 saturated carbocycles. The highest BCUT2D eigenvalue weighted by Crippen LogP contribution is 2.11. The third kappa shape index (κ3) is 1.17. The summed E-state index contributed by atoms with van der Waals surface area (Å²) in [6, 6.07) is 1.30. The normalized spacial score (nSPS) is 11.4. The van der Waals surface area contributed by atoms with Gasteiger partial charge in [-0.05, 0) is 0 Å². The van der Waals surface area contributed by atoms with Crippen molar-refractivity contribution in [2.24, 2.45) is 7.05 Å². The number of fused-ring (bicyclic) bond motifs is 3. The summed E-state index contributed by atoms with van der Waals surface area (Å²) in [5.41, 5.74) is 0.325. The molecular formula is C9H7N5O3. The molecule has 3 heterocycles. The predicted octanol–water partition coefficient (Wildman–Crippen LogP) is -0.393. The quantitative estimate of drug-likeness (QED) is 0.595. The van der Waals surface area contributed by atoms with Crippen molar-refractivity contribution in [2.75, 3.05) is 0 Å². The van der Waals surface area contributed by atoms with Crippen LogP contribution in [0.1, 0.15) is 10.5 Å². The average Bonchev–Trinajstić information content (AvgIpc) is 2.82. The van der Waals surface area contributed by atoms with Crippen LogP contribution >= 0.6 is 0 Å². The molecule has 3 aromatic rings.